The molecule has 27 heavy (non-hydrogen) atoms. The Kier molecular flexibility index (Phi) is 6.38. The molecular formula is C17H12ClFN4O2S2. The number of nitrogens with zero attached hydrogens (tertiary/aromatic N) is 2. The topological polar surface area (TPSA) is 84.0 Å². The van der Waals surface area contributed by atoms with Crippen LogP contribution in [0.5, 0.6) is 0 Å². The number of aromatic nitrogens is 2. The van der Waals surface area contributed by atoms with Crippen molar-refractivity contribution in [3.63, 3.8) is 0 Å². The Bertz CT molecular complexity index is 966. The molecule has 0 spiro atoms. The summed E-state index contributed by atoms with van der Waals surface area (Å²) in [7, 11) is 0. The average molecular weight is 423 g/mol. The molecule has 2 amide bonds. The van der Waals surface area contributed by atoms with Gasteiger partial charge in [0.25, 0.3) is 5.91 Å². The molecule has 1 aromatic heterocycles. The lowest BCUT2D eigenvalue weighted by atomic mass is 10.2. The average Bonchev–Trinajstić information content (AvgIpc) is 3.09. The van der Waals surface area contributed by atoms with Gasteiger partial charge in [-0.15, -0.1) is 10.2 Å². The summed E-state index contributed by atoms with van der Waals surface area (Å²) in [4.78, 5) is 24.1. The van der Waals surface area contributed by atoms with E-state index in [0.717, 1.165) is 11.3 Å². The van der Waals surface area contributed by atoms with Gasteiger partial charge in [0.15, 0.2) is 4.34 Å². The summed E-state index contributed by atoms with van der Waals surface area (Å²) in [6, 6.07) is 12.2. The highest BCUT2D eigenvalue weighted by molar-refractivity contribution is 8.01. The molecule has 2 N–H and O–H groups in total. The lowest BCUT2D eigenvalue weighted by Crippen LogP contribution is -2.13. The maximum atomic E-state index is 12.8. The number of thioether (sulfide) groups is 1. The minimum atomic E-state index is -0.387. The fourth-order valence-corrected chi connectivity index (χ4v) is 3.75. The molecule has 0 atom stereocenters. The Morgan fingerprint density at radius 1 is 1.07 bits per heavy atom. The Labute approximate surface area is 167 Å². The maximum absolute atomic E-state index is 12.8. The molecule has 0 aliphatic heterocycles. The number of hydrogen-bond acceptors (Lipinski definition) is 6. The summed E-state index contributed by atoms with van der Waals surface area (Å²) in [6.45, 7) is 0. The summed E-state index contributed by atoms with van der Waals surface area (Å²) < 4.78 is 13.4. The van der Waals surface area contributed by atoms with E-state index in [1.807, 2.05) is 0 Å². The molecule has 10 heteroatoms. The maximum Gasteiger partial charge on any atom is 0.259 e. The molecule has 3 aromatic rings. The van der Waals surface area contributed by atoms with Gasteiger partial charge in [-0.05, 0) is 36.4 Å². The number of carbonyl (C=O) groups excluding carboxylic acids is 2. The van der Waals surface area contributed by atoms with Gasteiger partial charge in [0, 0.05) is 5.69 Å². The third-order valence-electron chi connectivity index (χ3n) is 3.20. The standard InChI is InChI=1S/C17H12ClFN4O2S2/c18-13-4-2-1-3-12(13)15(25)21-16-22-23-17(27-16)26-9-14(24)20-11-7-5-10(19)6-8-11/h1-8H,9H2,(H,20,24)(H,21,22,25). The van der Waals surface area contributed by atoms with E-state index in [-0.39, 0.29) is 23.4 Å². The van der Waals surface area contributed by atoms with E-state index in [4.69, 9.17) is 11.6 Å². The minimum Gasteiger partial charge on any atom is -0.325 e. The number of anilines is 2. The van der Waals surface area contributed by atoms with Gasteiger partial charge in [-0.3, -0.25) is 14.9 Å². The van der Waals surface area contributed by atoms with E-state index in [1.165, 1.54) is 36.0 Å². The molecule has 0 saturated heterocycles. The van der Waals surface area contributed by atoms with Crippen molar-refractivity contribution in [1.29, 1.82) is 0 Å². The third-order valence-corrected chi connectivity index (χ3v) is 5.50. The molecule has 3 rings (SSSR count). The fraction of sp³-hybridized carbons (Fsp3) is 0.0588. The Hall–Kier alpha value is -2.49. The summed E-state index contributed by atoms with van der Waals surface area (Å²) in [5.41, 5.74) is 0.842. The highest BCUT2D eigenvalue weighted by Gasteiger charge is 2.14. The van der Waals surface area contributed by atoms with Crippen LogP contribution < -0.4 is 10.6 Å². The molecule has 0 aliphatic carbocycles. The van der Waals surface area contributed by atoms with Crippen molar-refractivity contribution in [2.24, 2.45) is 0 Å². The van der Waals surface area contributed by atoms with E-state index in [1.54, 1.807) is 24.3 Å². The quantitative estimate of drug-likeness (QED) is 0.456. The lowest BCUT2D eigenvalue weighted by Gasteiger charge is -2.03. The molecule has 0 fully saturated rings. The van der Waals surface area contributed by atoms with E-state index in [2.05, 4.69) is 20.8 Å². The van der Waals surface area contributed by atoms with Crippen LogP contribution in [0.2, 0.25) is 5.02 Å². The van der Waals surface area contributed by atoms with Gasteiger partial charge in [0.2, 0.25) is 11.0 Å². The first kappa shape index (κ1) is 19.3. The largest absolute Gasteiger partial charge is 0.325 e. The molecule has 0 radical (unpaired) electrons. The monoisotopic (exact) mass is 422 g/mol. The number of nitrogens with one attached hydrogen (secondary N) is 2. The number of benzene rings is 2. The number of carbonyl (C=O) groups is 2. The fourth-order valence-electron chi connectivity index (χ4n) is 1.99. The van der Waals surface area contributed by atoms with Gasteiger partial charge in [-0.1, -0.05) is 46.8 Å². The zero-order valence-electron chi connectivity index (χ0n) is 13.6. The Morgan fingerprint density at radius 3 is 2.56 bits per heavy atom. The second-order valence-corrected chi connectivity index (χ2v) is 7.76. The summed E-state index contributed by atoms with van der Waals surface area (Å²) >= 11 is 8.31. The molecular weight excluding hydrogens is 411 g/mol. The molecule has 0 unspecified atom stereocenters. The second kappa shape index (κ2) is 8.94. The molecule has 138 valence electrons. The van der Waals surface area contributed by atoms with Crippen LogP contribution in [-0.2, 0) is 4.79 Å². The van der Waals surface area contributed by atoms with Crippen LogP contribution in [0.15, 0.2) is 52.9 Å². The van der Waals surface area contributed by atoms with Crippen molar-refractivity contribution < 1.29 is 14.0 Å². The number of halogens is 2. The van der Waals surface area contributed by atoms with Crippen molar-refractivity contribution in [2.45, 2.75) is 4.34 Å². The molecule has 1 heterocycles. The van der Waals surface area contributed by atoms with Gasteiger partial charge in [-0.25, -0.2) is 4.39 Å². The van der Waals surface area contributed by atoms with Gasteiger partial charge >= 0.3 is 0 Å². The van der Waals surface area contributed by atoms with Crippen molar-refractivity contribution in [3.05, 3.63) is 64.9 Å². The Balaban J connectivity index is 1.52. The van der Waals surface area contributed by atoms with E-state index in [0.29, 0.717) is 25.7 Å². The predicted octanol–water partition coefficient (Wildman–Crippen LogP) is 4.31. The molecule has 0 aliphatic rings. The van der Waals surface area contributed by atoms with E-state index >= 15 is 0 Å². The van der Waals surface area contributed by atoms with Gasteiger partial charge in [-0.2, -0.15) is 0 Å². The SMILES string of the molecule is O=C(CSc1nnc(NC(=O)c2ccccc2Cl)s1)Nc1ccc(F)cc1. The molecule has 0 bridgehead atoms. The lowest BCUT2D eigenvalue weighted by molar-refractivity contribution is -0.113. The van der Waals surface area contributed by atoms with Crippen molar-refractivity contribution >= 4 is 57.3 Å². The van der Waals surface area contributed by atoms with Crippen LogP contribution in [0, 0.1) is 5.82 Å². The minimum absolute atomic E-state index is 0.102. The normalized spacial score (nSPS) is 10.4. The van der Waals surface area contributed by atoms with Crippen molar-refractivity contribution in [1.82, 2.24) is 10.2 Å². The van der Waals surface area contributed by atoms with Crippen molar-refractivity contribution in [3.8, 4) is 0 Å². The summed E-state index contributed by atoms with van der Waals surface area (Å²) in [5, 5.41) is 13.7. The number of hydrogen-bond donors (Lipinski definition) is 2. The highest BCUT2D eigenvalue weighted by atomic mass is 35.5. The van der Waals surface area contributed by atoms with Crippen LogP contribution in [0.4, 0.5) is 15.2 Å². The van der Waals surface area contributed by atoms with Crippen LogP contribution in [0.1, 0.15) is 10.4 Å². The van der Waals surface area contributed by atoms with Crippen LogP contribution in [0.3, 0.4) is 0 Å². The van der Waals surface area contributed by atoms with Crippen LogP contribution >= 0.6 is 34.7 Å². The number of rotatable bonds is 6. The summed E-state index contributed by atoms with van der Waals surface area (Å²) in [6.07, 6.45) is 0. The van der Waals surface area contributed by atoms with Gasteiger partial charge in [0.05, 0.1) is 16.3 Å². The van der Waals surface area contributed by atoms with E-state index in [9.17, 15) is 14.0 Å². The first-order valence-corrected chi connectivity index (χ1v) is 9.77. The number of amides is 2. The highest BCUT2D eigenvalue weighted by Crippen LogP contribution is 2.26. The molecule has 6 nitrogen and oxygen atoms in total. The Morgan fingerprint density at radius 2 is 1.81 bits per heavy atom. The van der Waals surface area contributed by atoms with Gasteiger partial charge < -0.3 is 5.32 Å². The third kappa shape index (κ3) is 5.49. The second-order valence-electron chi connectivity index (χ2n) is 5.15. The zero-order chi connectivity index (χ0) is 19.2. The first-order chi connectivity index (χ1) is 13.0. The van der Waals surface area contributed by atoms with Crippen LogP contribution in [-0.4, -0.2) is 27.8 Å². The van der Waals surface area contributed by atoms with Crippen LogP contribution in [0.25, 0.3) is 0 Å². The summed E-state index contributed by atoms with van der Waals surface area (Å²) in [5.74, 6) is -0.918. The van der Waals surface area contributed by atoms with Gasteiger partial charge in [0.1, 0.15) is 5.82 Å². The van der Waals surface area contributed by atoms with Crippen molar-refractivity contribution in [2.75, 3.05) is 16.4 Å². The molecule has 0 saturated carbocycles. The first-order valence-electron chi connectivity index (χ1n) is 7.59. The molecule has 2 aromatic carbocycles. The zero-order valence-corrected chi connectivity index (χ0v) is 16.0. The van der Waals surface area contributed by atoms with E-state index < -0.39 is 0 Å². The smallest absolute Gasteiger partial charge is 0.259 e. The predicted molar refractivity (Wildman–Crippen MR) is 105 cm³/mol.